The molecule has 1 saturated carbocycles. The van der Waals surface area contributed by atoms with E-state index < -0.39 is 27.3 Å². The Morgan fingerprint density at radius 2 is 1.92 bits per heavy atom. The predicted octanol–water partition coefficient (Wildman–Crippen LogP) is 3.98. The Bertz CT molecular complexity index is 1640. The van der Waals surface area contributed by atoms with Crippen LogP contribution in [0.15, 0.2) is 65.8 Å². The third-order valence-electron chi connectivity index (χ3n) is 6.85. The largest absolute Gasteiger partial charge is 0.496 e. The second-order valence-corrected chi connectivity index (χ2v) is 11.0. The highest BCUT2D eigenvalue weighted by Gasteiger charge is 2.64. The average Bonchev–Trinajstić information content (AvgIpc) is 3.65. The van der Waals surface area contributed by atoms with Crippen LogP contribution < -0.4 is 14.2 Å². The predicted molar refractivity (Wildman–Crippen MR) is 142 cm³/mol. The maximum atomic E-state index is 14.0. The summed E-state index contributed by atoms with van der Waals surface area (Å²) in [5.41, 5.74) is 2.15. The van der Waals surface area contributed by atoms with Gasteiger partial charge in [-0.25, -0.2) is 18.1 Å². The Hall–Kier alpha value is -4.05. The topological polar surface area (TPSA) is 120 Å². The standard InChI is InChI=1S/C28H28N4O5S/c1-5-37-26-16-29-23(15-30-26)21-14-28(21,20-13-17(2)9-12-24(20)36-4)27(33)32-38(34,35)25-8-6-7-22-19(25)11-10-18(3)31-22/h6-13,15-16,21H,5,14H2,1-4H3,(H,32,33). The number of nitrogens with one attached hydrogen (secondary N) is 1. The van der Waals surface area contributed by atoms with E-state index in [2.05, 4.69) is 19.7 Å². The van der Waals surface area contributed by atoms with Gasteiger partial charge in [-0.2, -0.15) is 0 Å². The molecule has 1 aliphatic rings. The zero-order valence-corrected chi connectivity index (χ0v) is 22.4. The van der Waals surface area contributed by atoms with Gasteiger partial charge in [0.2, 0.25) is 11.8 Å². The van der Waals surface area contributed by atoms with E-state index in [-0.39, 0.29) is 4.90 Å². The lowest BCUT2D eigenvalue weighted by molar-refractivity contribution is -0.122. The van der Waals surface area contributed by atoms with Gasteiger partial charge in [-0.05, 0) is 57.5 Å². The van der Waals surface area contributed by atoms with Crippen molar-refractivity contribution in [2.75, 3.05) is 13.7 Å². The maximum absolute atomic E-state index is 14.0. The van der Waals surface area contributed by atoms with Gasteiger partial charge in [0.05, 0.1) is 47.6 Å². The molecule has 196 valence electrons. The van der Waals surface area contributed by atoms with Crippen molar-refractivity contribution in [1.29, 1.82) is 0 Å². The Kier molecular flexibility index (Phi) is 6.52. The lowest BCUT2D eigenvalue weighted by atomic mass is 9.89. The summed E-state index contributed by atoms with van der Waals surface area (Å²) in [4.78, 5) is 27.2. The van der Waals surface area contributed by atoms with Gasteiger partial charge >= 0.3 is 0 Å². The molecule has 5 rings (SSSR count). The number of nitrogens with zero attached hydrogens (tertiary/aromatic N) is 3. The first kappa shape index (κ1) is 25.6. The number of rotatable bonds is 8. The van der Waals surface area contributed by atoms with E-state index >= 15 is 0 Å². The van der Waals surface area contributed by atoms with Crippen LogP contribution in [-0.2, 0) is 20.2 Å². The molecule has 2 atom stereocenters. The average molecular weight is 533 g/mol. The second-order valence-electron chi connectivity index (χ2n) is 9.35. The van der Waals surface area contributed by atoms with Gasteiger partial charge in [-0.3, -0.25) is 14.8 Å². The Morgan fingerprint density at radius 1 is 1.11 bits per heavy atom. The highest BCUT2D eigenvalue weighted by molar-refractivity contribution is 7.90. The molecule has 2 unspecified atom stereocenters. The number of aryl methyl sites for hydroxylation is 2. The molecule has 0 saturated heterocycles. The van der Waals surface area contributed by atoms with Crippen LogP contribution in [0, 0.1) is 13.8 Å². The third-order valence-corrected chi connectivity index (χ3v) is 8.24. The molecule has 0 radical (unpaired) electrons. The fourth-order valence-electron chi connectivity index (χ4n) is 4.92. The van der Waals surface area contributed by atoms with Crippen molar-refractivity contribution in [1.82, 2.24) is 19.7 Å². The van der Waals surface area contributed by atoms with E-state index in [1.807, 2.05) is 32.9 Å². The number of benzene rings is 2. The molecule has 2 heterocycles. The first-order valence-electron chi connectivity index (χ1n) is 12.2. The molecule has 1 aliphatic carbocycles. The van der Waals surface area contributed by atoms with Crippen molar-refractivity contribution in [3.63, 3.8) is 0 Å². The number of hydrogen-bond acceptors (Lipinski definition) is 8. The minimum atomic E-state index is -4.24. The number of amides is 1. The molecule has 9 nitrogen and oxygen atoms in total. The van der Waals surface area contributed by atoms with Gasteiger partial charge in [-0.15, -0.1) is 0 Å². The van der Waals surface area contributed by atoms with Crippen LogP contribution in [0.4, 0.5) is 0 Å². The number of carbonyl (C=O) groups is 1. The van der Waals surface area contributed by atoms with Crippen LogP contribution in [0.2, 0.25) is 0 Å². The molecular weight excluding hydrogens is 504 g/mol. The van der Waals surface area contributed by atoms with Gasteiger partial charge in [0.25, 0.3) is 10.0 Å². The quantitative estimate of drug-likeness (QED) is 0.362. The smallest absolute Gasteiger partial charge is 0.264 e. The molecule has 1 N–H and O–H groups in total. The fourth-order valence-corrected chi connectivity index (χ4v) is 6.18. The molecule has 4 aromatic rings. The van der Waals surface area contributed by atoms with Crippen LogP contribution in [0.3, 0.4) is 0 Å². The summed E-state index contributed by atoms with van der Waals surface area (Å²) in [6, 6.07) is 13.8. The van der Waals surface area contributed by atoms with Crippen molar-refractivity contribution in [3.8, 4) is 11.6 Å². The summed E-state index contributed by atoms with van der Waals surface area (Å²) >= 11 is 0. The van der Waals surface area contributed by atoms with E-state index in [1.165, 1.54) is 19.4 Å². The van der Waals surface area contributed by atoms with E-state index in [9.17, 15) is 13.2 Å². The number of ether oxygens (including phenoxy) is 2. The number of fused-ring (bicyclic) bond motifs is 1. The number of pyridine rings is 1. The molecule has 0 aliphatic heterocycles. The van der Waals surface area contributed by atoms with Crippen LogP contribution in [0.25, 0.3) is 10.9 Å². The van der Waals surface area contributed by atoms with Crippen molar-refractivity contribution < 1.29 is 22.7 Å². The van der Waals surface area contributed by atoms with E-state index in [0.717, 1.165) is 11.3 Å². The summed E-state index contributed by atoms with van der Waals surface area (Å²) in [5.74, 6) is -0.190. The number of methoxy groups -OCH3 is 1. The molecule has 2 aromatic heterocycles. The van der Waals surface area contributed by atoms with E-state index in [0.29, 0.717) is 46.8 Å². The first-order valence-corrected chi connectivity index (χ1v) is 13.7. The van der Waals surface area contributed by atoms with Crippen molar-refractivity contribution in [2.24, 2.45) is 0 Å². The van der Waals surface area contributed by atoms with E-state index in [1.54, 1.807) is 36.5 Å². The zero-order chi connectivity index (χ0) is 27.1. The first-order chi connectivity index (χ1) is 18.2. The maximum Gasteiger partial charge on any atom is 0.264 e. The number of carbonyl (C=O) groups excluding carboxylic acids is 1. The van der Waals surface area contributed by atoms with Crippen LogP contribution >= 0.6 is 0 Å². The summed E-state index contributed by atoms with van der Waals surface area (Å²) in [6.45, 7) is 6.04. The van der Waals surface area contributed by atoms with Gasteiger partial charge in [0, 0.05) is 22.6 Å². The van der Waals surface area contributed by atoms with Gasteiger partial charge in [-0.1, -0.05) is 23.8 Å². The van der Waals surface area contributed by atoms with Crippen LogP contribution in [-0.4, -0.2) is 43.0 Å². The highest BCUT2D eigenvalue weighted by atomic mass is 32.2. The molecule has 10 heteroatoms. The normalized spacial score (nSPS) is 18.7. The summed E-state index contributed by atoms with van der Waals surface area (Å²) in [7, 11) is -2.71. The molecule has 0 spiro atoms. The third kappa shape index (κ3) is 4.45. The Balaban J connectivity index is 1.57. The zero-order valence-electron chi connectivity index (χ0n) is 21.6. The number of sulfonamides is 1. The Morgan fingerprint density at radius 3 is 2.63 bits per heavy atom. The minimum absolute atomic E-state index is 0.0136. The molecule has 2 aromatic carbocycles. The van der Waals surface area contributed by atoms with Gasteiger partial charge in [0.15, 0.2) is 0 Å². The second kappa shape index (κ2) is 9.68. The summed E-state index contributed by atoms with van der Waals surface area (Å²) in [5, 5.41) is 0.435. The minimum Gasteiger partial charge on any atom is -0.496 e. The van der Waals surface area contributed by atoms with Gasteiger partial charge < -0.3 is 9.47 Å². The highest BCUT2D eigenvalue weighted by Crippen LogP contribution is 2.62. The molecule has 38 heavy (non-hydrogen) atoms. The lowest BCUT2D eigenvalue weighted by Gasteiger charge is -2.21. The monoisotopic (exact) mass is 532 g/mol. The van der Waals surface area contributed by atoms with Crippen LogP contribution in [0.1, 0.15) is 41.8 Å². The number of aromatic nitrogens is 3. The number of hydrogen-bond donors (Lipinski definition) is 1. The summed E-state index contributed by atoms with van der Waals surface area (Å²) in [6.07, 6.45) is 3.42. The molecule has 1 fully saturated rings. The summed E-state index contributed by atoms with van der Waals surface area (Å²) < 4.78 is 40.5. The van der Waals surface area contributed by atoms with Crippen molar-refractivity contribution >= 4 is 26.8 Å². The van der Waals surface area contributed by atoms with E-state index in [4.69, 9.17) is 9.47 Å². The fraction of sp³-hybridized carbons (Fsp3) is 0.286. The van der Waals surface area contributed by atoms with Crippen molar-refractivity contribution in [3.05, 3.63) is 83.4 Å². The molecule has 1 amide bonds. The molecular formula is C28H28N4O5S. The molecule has 0 bridgehead atoms. The van der Waals surface area contributed by atoms with Gasteiger partial charge in [0.1, 0.15) is 5.75 Å². The van der Waals surface area contributed by atoms with Crippen LogP contribution in [0.5, 0.6) is 11.6 Å². The SMILES string of the molecule is CCOc1cnc(C2CC2(C(=O)NS(=O)(=O)c2cccc3nc(C)ccc23)c2cc(C)ccc2OC)cn1. The van der Waals surface area contributed by atoms with Crippen molar-refractivity contribution in [2.45, 2.75) is 43.4 Å². The Labute approximate surface area is 221 Å². The lowest BCUT2D eigenvalue weighted by Crippen LogP contribution is -2.40.